The summed E-state index contributed by atoms with van der Waals surface area (Å²) in [7, 11) is 1.75. The van der Waals surface area contributed by atoms with E-state index < -0.39 is 0 Å². The van der Waals surface area contributed by atoms with E-state index >= 15 is 0 Å². The molecular weight excluding hydrogens is 200 g/mol. The maximum atomic E-state index is 5.77. The second-order valence-corrected chi connectivity index (χ2v) is 4.82. The van der Waals surface area contributed by atoms with E-state index in [1.807, 2.05) is 0 Å². The fourth-order valence-corrected chi connectivity index (χ4v) is 3.13. The summed E-state index contributed by atoms with van der Waals surface area (Å²) in [5.74, 6) is 1.67. The summed E-state index contributed by atoms with van der Waals surface area (Å²) >= 11 is 0. The van der Waals surface area contributed by atoms with Gasteiger partial charge in [0.1, 0.15) is 5.75 Å². The van der Waals surface area contributed by atoms with E-state index in [-0.39, 0.29) is 0 Å². The van der Waals surface area contributed by atoms with Crippen LogP contribution in [-0.4, -0.2) is 26.2 Å². The largest absolute Gasteiger partial charge is 0.495 e. The highest BCUT2D eigenvalue weighted by Crippen LogP contribution is 2.44. The lowest BCUT2D eigenvalue weighted by Crippen LogP contribution is -2.25. The quantitative estimate of drug-likeness (QED) is 0.815. The molecule has 0 amide bonds. The topological polar surface area (TPSA) is 38.5 Å². The number of hydrogen-bond acceptors (Lipinski definition) is 3. The Balaban J connectivity index is 1.97. The molecule has 3 nitrogen and oxygen atoms in total. The molecule has 0 saturated carbocycles. The molecule has 16 heavy (non-hydrogen) atoms. The van der Waals surface area contributed by atoms with Gasteiger partial charge < -0.3 is 15.4 Å². The summed E-state index contributed by atoms with van der Waals surface area (Å²) in [6, 6.07) is 7.00. The maximum absolute atomic E-state index is 5.77. The Labute approximate surface area is 96.2 Å². The fourth-order valence-electron chi connectivity index (χ4n) is 3.13. The first-order valence-corrected chi connectivity index (χ1v) is 5.96. The van der Waals surface area contributed by atoms with Crippen molar-refractivity contribution in [1.82, 2.24) is 0 Å². The van der Waals surface area contributed by atoms with E-state index in [0.29, 0.717) is 12.0 Å². The zero-order chi connectivity index (χ0) is 11.1. The van der Waals surface area contributed by atoms with E-state index in [4.69, 9.17) is 10.5 Å². The molecule has 2 aliphatic rings. The van der Waals surface area contributed by atoms with Crippen LogP contribution in [0.3, 0.4) is 0 Å². The summed E-state index contributed by atoms with van der Waals surface area (Å²) in [6.45, 7) is 1.89. The van der Waals surface area contributed by atoms with E-state index in [2.05, 4.69) is 23.1 Å². The first kappa shape index (κ1) is 9.97. The summed E-state index contributed by atoms with van der Waals surface area (Å²) in [5.41, 5.74) is 8.51. The van der Waals surface area contributed by atoms with Gasteiger partial charge >= 0.3 is 0 Å². The van der Waals surface area contributed by atoms with Gasteiger partial charge in [-0.3, -0.25) is 0 Å². The van der Waals surface area contributed by atoms with Gasteiger partial charge in [0.2, 0.25) is 0 Å². The molecule has 2 atom stereocenters. The average molecular weight is 218 g/mol. The van der Waals surface area contributed by atoms with Crippen molar-refractivity contribution in [3.05, 3.63) is 23.8 Å². The molecule has 0 aliphatic carbocycles. The Morgan fingerprint density at radius 1 is 1.50 bits per heavy atom. The molecule has 1 aromatic carbocycles. The number of methoxy groups -OCH3 is 1. The van der Waals surface area contributed by atoms with Crippen molar-refractivity contribution in [1.29, 1.82) is 0 Å². The van der Waals surface area contributed by atoms with Crippen LogP contribution >= 0.6 is 0 Å². The number of para-hydroxylation sites is 1. The zero-order valence-corrected chi connectivity index (χ0v) is 9.65. The van der Waals surface area contributed by atoms with Crippen LogP contribution in [0.5, 0.6) is 5.75 Å². The average Bonchev–Trinajstić information content (AvgIpc) is 2.84. The molecule has 0 spiro atoms. The zero-order valence-electron chi connectivity index (χ0n) is 9.65. The van der Waals surface area contributed by atoms with Crippen LogP contribution in [0.2, 0.25) is 0 Å². The SMILES string of the molecule is COc1cccc2c1N1CC(CN)CC1C2. The molecule has 3 rings (SSSR count). The molecule has 86 valence electrons. The standard InChI is InChI=1S/C13H18N2O/c1-16-12-4-2-3-10-6-11-5-9(7-14)8-15(11)13(10)12/h2-4,9,11H,5-8,14H2,1H3. The smallest absolute Gasteiger partial charge is 0.142 e. The number of benzene rings is 1. The van der Waals surface area contributed by atoms with E-state index in [1.165, 1.54) is 17.7 Å². The van der Waals surface area contributed by atoms with Crippen molar-refractivity contribution in [3.8, 4) is 5.75 Å². The third-order valence-electron chi connectivity index (χ3n) is 3.88. The van der Waals surface area contributed by atoms with Gasteiger partial charge in [-0.15, -0.1) is 0 Å². The highest BCUT2D eigenvalue weighted by atomic mass is 16.5. The number of ether oxygens (including phenoxy) is 1. The molecule has 2 aliphatic heterocycles. The molecule has 2 heterocycles. The Kier molecular flexibility index (Phi) is 2.28. The van der Waals surface area contributed by atoms with Gasteiger partial charge in [0.05, 0.1) is 12.8 Å². The predicted octanol–water partition coefficient (Wildman–Crippen LogP) is 1.40. The second kappa shape index (κ2) is 3.67. The Hall–Kier alpha value is -1.22. The number of hydrogen-bond donors (Lipinski definition) is 1. The maximum Gasteiger partial charge on any atom is 0.142 e. The second-order valence-electron chi connectivity index (χ2n) is 4.82. The molecule has 3 heteroatoms. The van der Waals surface area contributed by atoms with Crippen molar-refractivity contribution in [2.24, 2.45) is 11.7 Å². The van der Waals surface area contributed by atoms with Gasteiger partial charge in [0.25, 0.3) is 0 Å². The molecule has 2 N–H and O–H groups in total. The summed E-state index contributed by atoms with van der Waals surface area (Å²) in [6.07, 6.45) is 2.39. The molecule has 0 aromatic heterocycles. The highest BCUT2D eigenvalue weighted by Gasteiger charge is 2.38. The van der Waals surface area contributed by atoms with Crippen LogP contribution in [0.15, 0.2) is 18.2 Å². The first-order chi connectivity index (χ1) is 7.83. The monoisotopic (exact) mass is 218 g/mol. The highest BCUT2D eigenvalue weighted by molar-refractivity contribution is 5.69. The number of fused-ring (bicyclic) bond motifs is 3. The Bertz CT molecular complexity index is 405. The number of rotatable bonds is 2. The number of nitrogens with zero attached hydrogens (tertiary/aromatic N) is 1. The van der Waals surface area contributed by atoms with Crippen molar-refractivity contribution in [2.75, 3.05) is 25.1 Å². The van der Waals surface area contributed by atoms with Crippen molar-refractivity contribution in [2.45, 2.75) is 18.9 Å². The molecular formula is C13H18N2O. The molecule has 0 radical (unpaired) electrons. The van der Waals surface area contributed by atoms with Crippen molar-refractivity contribution >= 4 is 5.69 Å². The molecule has 1 fully saturated rings. The van der Waals surface area contributed by atoms with E-state index in [0.717, 1.165) is 25.3 Å². The molecule has 2 unspecified atom stereocenters. The lowest BCUT2D eigenvalue weighted by Gasteiger charge is -2.21. The van der Waals surface area contributed by atoms with Crippen molar-refractivity contribution < 1.29 is 4.74 Å². The van der Waals surface area contributed by atoms with Gasteiger partial charge in [-0.05, 0) is 36.9 Å². The van der Waals surface area contributed by atoms with Gasteiger partial charge in [-0.1, -0.05) is 12.1 Å². The molecule has 0 bridgehead atoms. The minimum atomic E-state index is 0.653. The third kappa shape index (κ3) is 1.31. The van der Waals surface area contributed by atoms with Crippen molar-refractivity contribution in [3.63, 3.8) is 0 Å². The number of nitrogens with two attached hydrogens (primary N) is 1. The van der Waals surface area contributed by atoms with Crippen LogP contribution in [-0.2, 0) is 6.42 Å². The summed E-state index contributed by atoms with van der Waals surface area (Å²) in [5, 5.41) is 0. The number of anilines is 1. The third-order valence-corrected chi connectivity index (χ3v) is 3.88. The fraction of sp³-hybridized carbons (Fsp3) is 0.538. The molecule has 1 saturated heterocycles. The minimum absolute atomic E-state index is 0.653. The first-order valence-electron chi connectivity index (χ1n) is 5.96. The van der Waals surface area contributed by atoms with Crippen LogP contribution in [0.1, 0.15) is 12.0 Å². The van der Waals surface area contributed by atoms with Gasteiger partial charge in [-0.25, -0.2) is 0 Å². The van der Waals surface area contributed by atoms with Gasteiger partial charge in [-0.2, -0.15) is 0 Å². The lowest BCUT2D eigenvalue weighted by molar-refractivity contribution is 0.415. The Morgan fingerprint density at radius 3 is 3.12 bits per heavy atom. The van der Waals surface area contributed by atoms with Gasteiger partial charge in [0, 0.05) is 12.6 Å². The predicted molar refractivity (Wildman–Crippen MR) is 65.0 cm³/mol. The Morgan fingerprint density at radius 2 is 2.38 bits per heavy atom. The molecule has 1 aromatic rings. The van der Waals surface area contributed by atoms with Crippen LogP contribution in [0, 0.1) is 5.92 Å². The van der Waals surface area contributed by atoms with E-state index in [1.54, 1.807) is 7.11 Å². The van der Waals surface area contributed by atoms with Crippen LogP contribution < -0.4 is 15.4 Å². The van der Waals surface area contributed by atoms with Crippen LogP contribution in [0.4, 0.5) is 5.69 Å². The lowest BCUT2D eigenvalue weighted by atomic mass is 10.0. The minimum Gasteiger partial charge on any atom is -0.495 e. The summed E-state index contributed by atoms with van der Waals surface area (Å²) in [4.78, 5) is 2.49. The summed E-state index contributed by atoms with van der Waals surface area (Å²) < 4.78 is 5.46. The van der Waals surface area contributed by atoms with E-state index in [9.17, 15) is 0 Å². The normalized spacial score (nSPS) is 26.8. The van der Waals surface area contributed by atoms with Gasteiger partial charge in [0.15, 0.2) is 0 Å². The van der Waals surface area contributed by atoms with Crippen LogP contribution in [0.25, 0.3) is 0 Å².